The first-order valence-electron chi connectivity index (χ1n) is 17.7. The van der Waals surface area contributed by atoms with Crippen molar-refractivity contribution in [2.24, 2.45) is 0 Å². The van der Waals surface area contributed by atoms with Gasteiger partial charge >= 0.3 is 0 Å². The van der Waals surface area contributed by atoms with Crippen LogP contribution in [0.25, 0.3) is 66.6 Å². The number of nitrogens with zero attached hydrogens (tertiary/aromatic N) is 2. The van der Waals surface area contributed by atoms with E-state index in [0.29, 0.717) is 11.8 Å². The van der Waals surface area contributed by atoms with Gasteiger partial charge in [-0.15, -0.1) is 0 Å². The van der Waals surface area contributed by atoms with Gasteiger partial charge in [0.25, 0.3) is 0 Å². The van der Waals surface area contributed by atoms with E-state index in [1.165, 1.54) is 43.8 Å². The molecule has 2 aromatic heterocycles. The van der Waals surface area contributed by atoms with Crippen LogP contribution in [0.4, 0.5) is 0 Å². The molecule has 8 aromatic rings. The minimum absolute atomic E-state index is 0.642. The number of hydrogen-bond acceptors (Lipinski definition) is 4. The van der Waals surface area contributed by atoms with Crippen molar-refractivity contribution in [2.75, 3.05) is 0 Å². The first-order valence-corrected chi connectivity index (χ1v) is 20.1. The van der Waals surface area contributed by atoms with Gasteiger partial charge in [0, 0.05) is 11.1 Å². The minimum atomic E-state index is -2.38. The molecule has 4 nitrogen and oxygen atoms in total. The summed E-state index contributed by atoms with van der Waals surface area (Å²) in [5, 5.41) is 2.97. The van der Waals surface area contributed by atoms with Crippen LogP contribution in [0.2, 0.25) is 12.1 Å². The lowest BCUT2D eigenvalue weighted by Gasteiger charge is -2.33. The number of aromatic nitrogens is 2. The van der Waals surface area contributed by atoms with Gasteiger partial charge in [-0.1, -0.05) is 135 Å². The molecule has 0 aliphatic carbocycles. The van der Waals surface area contributed by atoms with Gasteiger partial charge in [0.15, 0.2) is 11.2 Å². The smallest absolute Gasteiger partial charge is 0.227 e. The largest absolute Gasteiger partial charge is 0.436 e. The Balaban J connectivity index is 1.24. The van der Waals surface area contributed by atoms with Gasteiger partial charge in [-0.25, -0.2) is 9.97 Å². The molecular weight excluding hydrogens is 641 g/mol. The maximum atomic E-state index is 6.17. The van der Waals surface area contributed by atoms with Crippen molar-refractivity contribution in [3.8, 4) is 22.9 Å². The number of para-hydroxylation sites is 4. The summed E-state index contributed by atoms with van der Waals surface area (Å²) < 4.78 is 12.3. The van der Waals surface area contributed by atoms with Crippen molar-refractivity contribution in [2.45, 2.75) is 25.9 Å². The molecule has 51 heavy (non-hydrogen) atoms. The summed E-state index contributed by atoms with van der Waals surface area (Å²) >= 11 is 0. The second-order valence-electron chi connectivity index (χ2n) is 13.1. The second kappa shape index (κ2) is 12.7. The summed E-state index contributed by atoms with van der Waals surface area (Å²) in [5.41, 5.74) is 13.0. The number of hydrogen-bond donors (Lipinski definition) is 0. The third-order valence-electron chi connectivity index (χ3n) is 10.5. The zero-order valence-electron chi connectivity index (χ0n) is 28.6. The van der Waals surface area contributed by atoms with E-state index in [4.69, 9.17) is 18.8 Å². The highest BCUT2D eigenvalue weighted by Gasteiger charge is 2.48. The standard InChI is InChI=1S/C46H36N2O2Si/c1-3-51(4-2)43(33-23-27-35(28-24-33)45-47-37-19-11-13-21-39(37)49-45)41(31-15-7-5-8-16-31)42(32-17-9-6-10-18-32)44(51)34-25-29-36(30-26-34)46-48-38-20-12-14-22-40(38)50-46/h5-30H,3-4H2,1-2H3. The molecule has 1 aliphatic heterocycles. The van der Waals surface area contributed by atoms with Gasteiger partial charge in [0.2, 0.25) is 11.8 Å². The molecule has 0 saturated heterocycles. The number of allylic oxidation sites excluding steroid dienone is 2. The summed E-state index contributed by atoms with van der Waals surface area (Å²) in [7, 11) is -2.38. The van der Waals surface area contributed by atoms with Crippen LogP contribution in [0.5, 0.6) is 0 Å². The number of benzene rings is 6. The molecular formula is C46H36N2O2Si. The fraction of sp³-hybridized carbons (Fsp3) is 0.0870. The van der Waals surface area contributed by atoms with Gasteiger partial charge in [-0.3, -0.25) is 0 Å². The minimum Gasteiger partial charge on any atom is -0.436 e. The SMILES string of the molecule is CC[Si]1(CC)C(c2ccc(-c3nc4ccccc4o3)cc2)=C(c2ccccc2)C(c2ccccc2)=C1c1ccc(-c2nc3ccccc3o2)cc1. The van der Waals surface area contributed by atoms with E-state index in [1.807, 2.05) is 48.5 Å². The van der Waals surface area contributed by atoms with Crippen molar-refractivity contribution in [1.82, 2.24) is 9.97 Å². The Morgan fingerprint density at radius 1 is 0.392 bits per heavy atom. The Bertz CT molecular complexity index is 2330. The van der Waals surface area contributed by atoms with Crippen molar-refractivity contribution in [3.63, 3.8) is 0 Å². The lowest BCUT2D eigenvalue weighted by Crippen LogP contribution is -2.35. The summed E-state index contributed by atoms with van der Waals surface area (Å²) in [4.78, 5) is 9.58. The van der Waals surface area contributed by atoms with Crippen molar-refractivity contribution >= 4 is 51.8 Å². The maximum absolute atomic E-state index is 6.17. The Morgan fingerprint density at radius 3 is 1.12 bits per heavy atom. The Morgan fingerprint density at radius 2 is 0.745 bits per heavy atom. The highest BCUT2D eigenvalue weighted by atomic mass is 28.3. The molecule has 0 amide bonds. The van der Waals surface area contributed by atoms with Gasteiger partial charge in [-0.05, 0) is 92.3 Å². The molecule has 0 N–H and O–H groups in total. The Kier molecular flexibility index (Phi) is 7.71. The summed E-state index contributed by atoms with van der Waals surface area (Å²) in [6.07, 6.45) is 0. The average Bonchev–Trinajstić information content (AvgIpc) is 3.92. The molecule has 3 heterocycles. The van der Waals surface area contributed by atoms with Crippen LogP contribution < -0.4 is 0 Å². The van der Waals surface area contributed by atoms with E-state index in [0.717, 1.165) is 45.4 Å². The summed E-state index contributed by atoms with van der Waals surface area (Å²) in [6.45, 7) is 4.79. The quantitative estimate of drug-likeness (QED) is 0.150. The lowest BCUT2D eigenvalue weighted by atomic mass is 9.89. The fourth-order valence-electron chi connectivity index (χ4n) is 7.99. The van der Waals surface area contributed by atoms with Gasteiger partial charge < -0.3 is 8.83 Å². The highest BCUT2D eigenvalue weighted by molar-refractivity contribution is 7.14. The maximum Gasteiger partial charge on any atom is 0.227 e. The van der Waals surface area contributed by atoms with Gasteiger partial charge in [-0.2, -0.15) is 0 Å². The number of oxazole rings is 2. The Labute approximate surface area is 298 Å². The number of fused-ring (bicyclic) bond motifs is 2. The zero-order chi connectivity index (χ0) is 34.4. The molecule has 5 heteroatoms. The molecule has 0 unspecified atom stereocenters. The van der Waals surface area contributed by atoms with Crippen LogP contribution >= 0.6 is 0 Å². The van der Waals surface area contributed by atoms with Crippen molar-refractivity contribution in [1.29, 1.82) is 0 Å². The first-order chi connectivity index (χ1) is 25.2. The molecule has 0 saturated carbocycles. The first kappa shape index (κ1) is 31.0. The topological polar surface area (TPSA) is 52.1 Å². The van der Waals surface area contributed by atoms with E-state index < -0.39 is 8.07 Å². The zero-order valence-corrected chi connectivity index (χ0v) is 29.6. The van der Waals surface area contributed by atoms with E-state index in [1.54, 1.807) is 0 Å². The highest BCUT2D eigenvalue weighted by Crippen LogP contribution is 2.58. The molecule has 0 fully saturated rings. The van der Waals surface area contributed by atoms with Crippen LogP contribution in [-0.4, -0.2) is 18.0 Å². The second-order valence-corrected chi connectivity index (χ2v) is 17.7. The summed E-state index contributed by atoms with van der Waals surface area (Å²) in [6, 6.07) is 57.8. The van der Waals surface area contributed by atoms with Crippen LogP contribution in [0.15, 0.2) is 167 Å². The van der Waals surface area contributed by atoms with Crippen molar-refractivity contribution in [3.05, 3.63) is 180 Å². The lowest BCUT2D eigenvalue weighted by molar-refractivity contribution is 0.619. The normalized spacial score (nSPS) is 14.2. The van der Waals surface area contributed by atoms with Crippen LogP contribution in [-0.2, 0) is 0 Å². The molecule has 0 bridgehead atoms. The predicted octanol–water partition coefficient (Wildman–Crippen LogP) is 12.4. The summed E-state index contributed by atoms with van der Waals surface area (Å²) in [5.74, 6) is 1.28. The predicted molar refractivity (Wildman–Crippen MR) is 212 cm³/mol. The van der Waals surface area contributed by atoms with Crippen LogP contribution in [0, 0.1) is 0 Å². The third kappa shape index (κ3) is 5.20. The average molecular weight is 677 g/mol. The van der Waals surface area contributed by atoms with Gasteiger partial charge in [0.1, 0.15) is 19.1 Å². The molecule has 0 atom stereocenters. The van der Waals surface area contributed by atoms with E-state index in [9.17, 15) is 0 Å². The van der Waals surface area contributed by atoms with Gasteiger partial charge in [0.05, 0.1) is 0 Å². The molecule has 0 spiro atoms. The Hall–Kier alpha value is -6.04. The van der Waals surface area contributed by atoms with E-state index in [-0.39, 0.29) is 0 Å². The van der Waals surface area contributed by atoms with E-state index in [2.05, 4.69) is 123 Å². The third-order valence-corrected chi connectivity index (χ3v) is 15.9. The molecule has 9 rings (SSSR count). The van der Waals surface area contributed by atoms with Crippen LogP contribution in [0.3, 0.4) is 0 Å². The molecule has 6 aromatic carbocycles. The number of rotatable bonds is 8. The molecule has 246 valence electrons. The molecule has 0 radical (unpaired) electrons. The van der Waals surface area contributed by atoms with Crippen LogP contribution in [0.1, 0.15) is 36.1 Å². The monoisotopic (exact) mass is 676 g/mol. The van der Waals surface area contributed by atoms with E-state index >= 15 is 0 Å². The fourth-order valence-corrected chi connectivity index (χ4v) is 13.1. The molecule has 1 aliphatic rings. The van der Waals surface area contributed by atoms with Crippen molar-refractivity contribution < 1.29 is 8.83 Å².